The molecule has 0 saturated carbocycles. The summed E-state index contributed by atoms with van der Waals surface area (Å²) in [5, 5.41) is 6.43. The molecule has 0 atom stereocenters. The molecule has 2 nitrogen and oxygen atoms in total. The minimum Gasteiger partial charge on any atom is -0.329 e. The van der Waals surface area contributed by atoms with Crippen molar-refractivity contribution in [1.29, 1.82) is 0 Å². The predicted molar refractivity (Wildman–Crippen MR) is 67.3 cm³/mol. The van der Waals surface area contributed by atoms with Crippen LogP contribution in [0.3, 0.4) is 0 Å². The van der Waals surface area contributed by atoms with Gasteiger partial charge in [-0.3, -0.25) is 4.79 Å². The highest BCUT2D eigenvalue weighted by Crippen LogP contribution is 2.05. The Morgan fingerprint density at radius 1 is 1.19 bits per heavy atom. The molecule has 3 heteroatoms. The SMILES string of the molecule is O=C(N/C=C/c1ccccc1)c1ccsc1. The van der Waals surface area contributed by atoms with Crippen LogP contribution in [0, 0.1) is 0 Å². The first-order chi connectivity index (χ1) is 7.86. The van der Waals surface area contributed by atoms with E-state index in [-0.39, 0.29) is 5.91 Å². The van der Waals surface area contributed by atoms with Gasteiger partial charge in [-0.25, -0.2) is 0 Å². The summed E-state index contributed by atoms with van der Waals surface area (Å²) < 4.78 is 0. The first-order valence-electron chi connectivity index (χ1n) is 4.91. The highest BCUT2D eigenvalue weighted by Gasteiger charge is 2.01. The van der Waals surface area contributed by atoms with Crippen molar-refractivity contribution in [2.45, 2.75) is 0 Å². The molecule has 0 saturated heterocycles. The van der Waals surface area contributed by atoms with E-state index in [1.807, 2.05) is 47.2 Å². The lowest BCUT2D eigenvalue weighted by molar-refractivity contribution is 0.0971. The molecule has 1 N–H and O–H groups in total. The first-order valence-corrected chi connectivity index (χ1v) is 5.85. The van der Waals surface area contributed by atoms with E-state index in [4.69, 9.17) is 0 Å². The fourth-order valence-electron chi connectivity index (χ4n) is 1.25. The van der Waals surface area contributed by atoms with Crippen LogP contribution in [0.1, 0.15) is 15.9 Å². The van der Waals surface area contributed by atoms with E-state index in [1.165, 1.54) is 11.3 Å². The number of benzene rings is 1. The molecule has 1 aromatic heterocycles. The van der Waals surface area contributed by atoms with Gasteiger partial charge in [-0.05, 0) is 23.1 Å². The van der Waals surface area contributed by atoms with Crippen molar-refractivity contribution in [2.24, 2.45) is 0 Å². The molecular formula is C13H11NOS. The van der Waals surface area contributed by atoms with Crippen LogP contribution in [0.25, 0.3) is 6.08 Å². The van der Waals surface area contributed by atoms with Crippen LogP contribution in [0.5, 0.6) is 0 Å². The van der Waals surface area contributed by atoms with E-state index in [0.717, 1.165) is 5.56 Å². The molecule has 2 aromatic rings. The number of carbonyl (C=O) groups excluding carboxylic acids is 1. The second-order valence-corrected chi connectivity index (χ2v) is 4.01. The molecule has 1 heterocycles. The van der Waals surface area contributed by atoms with Crippen molar-refractivity contribution in [1.82, 2.24) is 5.32 Å². The van der Waals surface area contributed by atoms with Crippen molar-refractivity contribution in [2.75, 3.05) is 0 Å². The van der Waals surface area contributed by atoms with Crippen molar-refractivity contribution >= 4 is 23.3 Å². The number of hydrogen-bond donors (Lipinski definition) is 1. The molecule has 0 aliphatic carbocycles. The quantitative estimate of drug-likeness (QED) is 0.860. The number of hydrogen-bond acceptors (Lipinski definition) is 2. The van der Waals surface area contributed by atoms with Gasteiger partial charge in [0, 0.05) is 11.6 Å². The summed E-state index contributed by atoms with van der Waals surface area (Å²) in [5.74, 6) is -0.0755. The van der Waals surface area contributed by atoms with Gasteiger partial charge in [0.15, 0.2) is 0 Å². The molecule has 80 valence electrons. The van der Waals surface area contributed by atoms with E-state index in [2.05, 4.69) is 5.32 Å². The zero-order valence-electron chi connectivity index (χ0n) is 8.59. The van der Waals surface area contributed by atoms with Crippen LogP contribution in [-0.4, -0.2) is 5.91 Å². The summed E-state index contributed by atoms with van der Waals surface area (Å²) in [6, 6.07) is 11.6. The van der Waals surface area contributed by atoms with Gasteiger partial charge in [-0.2, -0.15) is 11.3 Å². The minimum atomic E-state index is -0.0755. The van der Waals surface area contributed by atoms with Crippen molar-refractivity contribution in [3.05, 3.63) is 64.5 Å². The fourth-order valence-corrected chi connectivity index (χ4v) is 1.89. The van der Waals surface area contributed by atoms with Crippen LogP contribution >= 0.6 is 11.3 Å². The highest BCUT2D eigenvalue weighted by atomic mass is 32.1. The second-order valence-electron chi connectivity index (χ2n) is 3.23. The zero-order valence-corrected chi connectivity index (χ0v) is 9.41. The summed E-state index contributed by atoms with van der Waals surface area (Å²) in [7, 11) is 0. The van der Waals surface area contributed by atoms with Gasteiger partial charge in [0.1, 0.15) is 0 Å². The van der Waals surface area contributed by atoms with Crippen molar-refractivity contribution in [3.63, 3.8) is 0 Å². The monoisotopic (exact) mass is 229 g/mol. The molecule has 1 amide bonds. The number of amides is 1. The topological polar surface area (TPSA) is 29.1 Å². The maximum atomic E-state index is 11.5. The van der Waals surface area contributed by atoms with Gasteiger partial charge in [0.05, 0.1) is 5.56 Å². The van der Waals surface area contributed by atoms with Crippen molar-refractivity contribution < 1.29 is 4.79 Å². The van der Waals surface area contributed by atoms with Crippen molar-refractivity contribution in [3.8, 4) is 0 Å². The first kappa shape index (κ1) is 10.6. The summed E-state index contributed by atoms with van der Waals surface area (Å²) in [5.41, 5.74) is 1.76. The summed E-state index contributed by atoms with van der Waals surface area (Å²) >= 11 is 1.51. The third kappa shape index (κ3) is 2.81. The molecule has 0 unspecified atom stereocenters. The molecule has 0 spiro atoms. The van der Waals surface area contributed by atoms with E-state index in [9.17, 15) is 4.79 Å². The molecular weight excluding hydrogens is 218 g/mol. The lowest BCUT2D eigenvalue weighted by Gasteiger charge is -1.96. The van der Waals surface area contributed by atoms with E-state index < -0.39 is 0 Å². The molecule has 0 radical (unpaired) electrons. The van der Waals surface area contributed by atoms with Gasteiger partial charge in [0.25, 0.3) is 5.91 Å². The molecule has 0 aliphatic heterocycles. The van der Waals surface area contributed by atoms with E-state index in [1.54, 1.807) is 12.3 Å². The summed E-state index contributed by atoms with van der Waals surface area (Å²) in [6.45, 7) is 0. The van der Waals surface area contributed by atoms with Gasteiger partial charge in [-0.1, -0.05) is 30.3 Å². The average Bonchev–Trinajstić information content (AvgIpc) is 2.84. The Morgan fingerprint density at radius 2 is 2.00 bits per heavy atom. The van der Waals surface area contributed by atoms with Crippen LogP contribution in [0.2, 0.25) is 0 Å². The third-order valence-electron chi connectivity index (χ3n) is 2.07. The zero-order chi connectivity index (χ0) is 11.2. The number of carbonyl (C=O) groups is 1. The number of thiophene rings is 1. The van der Waals surface area contributed by atoms with Gasteiger partial charge >= 0.3 is 0 Å². The Balaban J connectivity index is 1.93. The summed E-state index contributed by atoms with van der Waals surface area (Å²) in [6.07, 6.45) is 3.53. The number of nitrogens with one attached hydrogen (secondary N) is 1. The Hall–Kier alpha value is -1.87. The van der Waals surface area contributed by atoms with E-state index in [0.29, 0.717) is 5.56 Å². The normalized spacial score (nSPS) is 10.5. The Labute approximate surface area is 98.2 Å². The fraction of sp³-hybridized carbons (Fsp3) is 0. The molecule has 0 bridgehead atoms. The van der Waals surface area contributed by atoms with E-state index >= 15 is 0 Å². The Morgan fingerprint density at radius 3 is 2.69 bits per heavy atom. The Bertz CT molecular complexity index is 474. The molecule has 1 aromatic carbocycles. The van der Waals surface area contributed by atoms with Gasteiger partial charge < -0.3 is 5.32 Å². The van der Waals surface area contributed by atoms with Crippen LogP contribution in [0.4, 0.5) is 0 Å². The Kier molecular flexibility index (Phi) is 3.51. The standard InChI is InChI=1S/C13H11NOS/c15-13(12-7-9-16-10-12)14-8-6-11-4-2-1-3-5-11/h1-10H,(H,14,15)/b8-6+. The molecule has 0 fully saturated rings. The maximum Gasteiger partial charge on any atom is 0.256 e. The second kappa shape index (κ2) is 5.28. The van der Waals surface area contributed by atoms with Crippen LogP contribution < -0.4 is 5.32 Å². The van der Waals surface area contributed by atoms with Gasteiger partial charge in [-0.15, -0.1) is 0 Å². The van der Waals surface area contributed by atoms with Crippen LogP contribution in [-0.2, 0) is 0 Å². The maximum absolute atomic E-state index is 11.5. The minimum absolute atomic E-state index is 0.0755. The summed E-state index contributed by atoms with van der Waals surface area (Å²) in [4.78, 5) is 11.5. The highest BCUT2D eigenvalue weighted by molar-refractivity contribution is 7.08. The van der Waals surface area contributed by atoms with Gasteiger partial charge in [0.2, 0.25) is 0 Å². The lowest BCUT2D eigenvalue weighted by atomic mass is 10.2. The molecule has 2 rings (SSSR count). The molecule has 16 heavy (non-hydrogen) atoms. The predicted octanol–water partition coefficient (Wildman–Crippen LogP) is 3.15. The molecule has 0 aliphatic rings. The average molecular weight is 229 g/mol. The lowest BCUT2D eigenvalue weighted by Crippen LogP contribution is -2.15. The van der Waals surface area contributed by atoms with Crippen LogP contribution in [0.15, 0.2) is 53.4 Å². The third-order valence-corrected chi connectivity index (χ3v) is 2.76. The largest absolute Gasteiger partial charge is 0.329 e. The number of rotatable bonds is 3. The smallest absolute Gasteiger partial charge is 0.256 e.